The predicted molar refractivity (Wildman–Crippen MR) is 127 cm³/mol. The van der Waals surface area contributed by atoms with Gasteiger partial charge in [0.05, 0.1) is 6.67 Å². The molecule has 0 radical (unpaired) electrons. The number of amides is 4. The maximum Gasteiger partial charge on any atom is 0.320 e. The van der Waals surface area contributed by atoms with Gasteiger partial charge < -0.3 is 21.3 Å². The van der Waals surface area contributed by atoms with Crippen LogP contribution in [0.3, 0.4) is 0 Å². The summed E-state index contributed by atoms with van der Waals surface area (Å²) in [5.74, 6) is 0. The molecule has 0 aromatic heterocycles. The highest BCUT2D eigenvalue weighted by Crippen LogP contribution is 2.04. The minimum Gasteiger partial charge on any atom is -0.320 e. The van der Waals surface area contributed by atoms with Crippen LogP contribution in [0.2, 0.25) is 0 Å². The molecule has 164 valence electrons. The third kappa shape index (κ3) is 18.1. The first-order chi connectivity index (χ1) is 14.2. The molecule has 4 N–H and O–H groups in total. The average molecular weight is 405 g/mol. The first-order valence-corrected chi connectivity index (χ1v) is 10.4. The number of anilines is 2. The van der Waals surface area contributed by atoms with Gasteiger partial charge in [-0.2, -0.15) is 0 Å². The normalized spacial score (nSPS) is 7.72. The summed E-state index contributed by atoms with van der Waals surface area (Å²) in [4.78, 5) is 23.1. The number of hydrogen-bond acceptors (Lipinski definition) is 2. The maximum absolute atomic E-state index is 11.6. The smallest absolute Gasteiger partial charge is 0.320 e. The van der Waals surface area contributed by atoms with E-state index in [1.165, 1.54) is 0 Å². The van der Waals surface area contributed by atoms with Crippen LogP contribution in [0.5, 0.6) is 0 Å². The first kappa shape index (κ1) is 30.7. The van der Waals surface area contributed by atoms with Crippen LogP contribution in [0.1, 0.15) is 55.4 Å². The van der Waals surface area contributed by atoms with Gasteiger partial charge in [0.25, 0.3) is 0 Å². The largest absolute Gasteiger partial charge is 0.320 e. The van der Waals surface area contributed by atoms with Crippen LogP contribution >= 0.6 is 0 Å². The highest BCUT2D eigenvalue weighted by atomic mass is 16.2. The molecule has 4 amide bonds. The molecule has 0 bridgehead atoms. The van der Waals surface area contributed by atoms with E-state index in [0.717, 1.165) is 0 Å². The SMILES string of the molecule is CC.CC.CC.CC.O=C(NCNC(=O)Nc1ccccc1)Nc1ccccc1. The van der Waals surface area contributed by atoms with Gasteiger partial charge in [-0.05, 0) is 24.3 Å². The minimum absolute atomic E-state index is 0.0251. The van der Waals surface area contributed by atoms with Gasteiger partial charge in [-0.1, -0.05) is 91.8 Å². The Bertz CT molecular complexity index is 537. The zero-order valence-corrected chi connectivity index (χ0v) is 19.3. The molecule has 6 heteroatoms. The summed E-state index contributed by atoms with van der Waals surface area (Å²) >= 11 is 0. The molecule has 29 heavy (non-hydrogen) atoms. The van der Waals surface area contributed by atoms with E-state index < -0.39 is 0 Å². The minimum atomic E-state index is -0.388. The fourth-order valence-corrected chi connectivity index (χ4v) is 1.60. The van der Waals surface area contributed by atoms with E-state index in [4.69, 9.17) is 0 Å². The zero-order valence-electron chi connectivity index (χ0n) is 19.3. The quantitative estimate of drug-likeness (QED) is 0.428. The first-order valence-electron chi connectivity index (χ1n) is 10.4. The Morgan fingerprint density at radius 2 is 0.828 bits per heavy atom. The van der Waals surface area contributed by atoms with Gasteiger partial charge in [0, 0.05) is 11.4 Å². The van der Waals surface area contributed by atoms with E-state index in [0.29, 0.717) is 11.4 Å². The number of urea groups is 2. The van der Waals surface area contributed by atoms with E-state index >= 15 is 0 Å². The van der Waals surface area contributed by atoms with Gasteiger partial charge in [-0.3, -0.25) is 0 Å². The van der Waals surface area contributed by atoms with Crippen LogP contribution in [0.4, 0.5) is 21.0 Å². The maximum atomic E-state index is 11.6. The summed E-state index contributed by atoms with van der Waals surface area (Å²) in [6, 6.07) is 17.3. The lowest BCUT2D eigenvalue weighted by Gasteiger charge is -2.09. The fourth-order valence-electron chi connectivity index (χ4n) is 1.60. The van der Waals surface area contributed by atoms with Crippen LogP contribution in [-0.4, -0.2) is 18.7 Å². The molecule has 0 saturated carbocycles. The molecule has 0 heterocycles. The third-order valence-electron chi connectivity index (χ3n) is 2.56. The summed E-state index contributed by atoms with van der Waals surface area (Å²) in [7, 11) is 0. The van der Waals surface area contributed by atoms with Gasteiger partial charge in [-0.15, -0.1) is 0 Å². The molecule has 2 aromatic carbocycles. The van der Waals surface area contributed by atoms with Crippen LogP contribution in [-0.2, 0) is 0 Å². The van der Waals surface area contributed by atoms with E-state index in [1.54, 1.807) is 24.3 Å². The molecular formula is C23H40N4O2. The lowest BCUT2D eigenvalue weighted by Crippen LogP contribution is -2.41. The van der Waals surface area contributed by atoms with Crippen molar-refractivity contribution in [3.05, 3.63) is 60.7 Å². The van der Waals surface area contributed by atoms with E-state index in [1.807, 2.05) is 91.8 Å². The molecule has 0 spiro atoms. The highest BCUT2D eigenvalue weighted by Gasteiger charge is 2.03. The Balaban J connectivity index is -0.000000754. The monoisotopic (exact) mass is 404 g/mol. The molecule has 6 nitrogen and oxygen atoms in total. The molecule has 0 aliphatic rings. The number of benzene rings is 2. The fraction of sp³-hybridized carbons (Fsp3) is 0.391. The zero-order chi connectivity index (χ0) is 22.9. The molecular weight excluding hydrogens is 364 g/mol. The van der Waals surface area contributed by atoms with Crippen LogP contribution < -0.4 is 21.3 Å². The van der Waals surface area contributed by atoms with Crippen LogP contribution in [0.25, 0.3) is 0 Å². The highest BCUT2D eigenvalue weighted by molar-refractivity contribution is 5.91. The topological polar surface area (TPSA) is 82.3 Å². The van der Waals surface area contributed by atoms with E-state index in [9.17, 15) is 9.59 Å². The molecule has 0 aliphatic carbocycles. The number of para-hydroxylation sites is 2. The van der Waals surface area contributed by atoms with Gasteiger partial charge >= 0.3 is 12.1 Å². The molecule has 2 aromatic rings. The van der Waals surface area contributed by atoms with Crippen molar-refractivity contribution in [3.63, 3.8) is 0 Å². The molecule has 0 atom stereocenters. The van der Waals surface area contributed by atoms with Crippen molar-refractivity contribution < 1.29 is 9.59 Å². The standard InChI is InChI=1S/C15H16N4O2.4C2H6/c20-14(18-12-7-3-1-4-8-12)16-11-17-15(21)19-13-9-5-2-6-10-13;4*1-2/h1-10H,11H2,(H2,16,18,20)(H2,17,19,21);4*1-2H3. The summed E-state index contributed by atoms with van der Waals surface area (Å²) in [5, 5.41) is 10.3. The van der Waals surface area contributed by atoms with E-state index in [2.05, 4.69) is 21.3 Å². The molecule has 0 saturated heterocycles. The summed E-state index contributed by atoms with van der Waals surface area (Å²) < 4.78 is 0. The van der Waals surface area contributed by atoms with Gasteiger partial charge in [0.1, 0.15) is 0 Å². The van der Waals surface area contributed by atoms with Crippen molar-refractivity contribution in [2.24, 2.45) is 0 Å². The van der Waals surface area contributed by atoms with Crippen molar-refractivity contribution in [3.8, 4) is 0 Å². The number of nitrogens with one attached hydrogen (secondary N) is 4. The Labute approximate surface area is 177 Å². The summed E-state index contributed by atoms with van der Waals surface area (Å²) in [5.41, 5.74) is 1.37. The molecule has 2 rings (SSSR count). The number of rotatable bonds is 4. The molecule has 0 fully saturated rings. The second-order valence-corrected chi connectivity index (χ2v) is 4.17. The second kappa shape index (κ2) is 25.0. The van der Waals surface area contributed by atoms with Gasteiger partial charge in [0.15, 0.2) is 0 Å². The Hall–Kier alpha value is -3.02. The average Bonchev–Trinajstić information content (AvgIpc) is 2.80. The summed E-state index contributed by atoms with van der Waals surface area (Å²) in [6.07, 6.45) is 0. The van der Waals surface area contributed by atoms with E-state index in [-0.39, 0.29) is 18.7 Å². The van der Waals surface area contributed by atoms with Crippen molar-refractivity contribution in [1.29, 1.82) is 0 Å². The van der Waals surface area contributed by atoms with Crippen molar-refractivity contribution in [2.45, 2.75) is 55.4 Å². The summed E-state index contributed by atoms with van der Waals surface area (Å²) in [6.45, 7) is 16.0. The number of carbonyl (C=O) groups excluding carboxylic acids is 2. The lowest BCUT2D eigenvalue weighted by molar-refractivity contribution is 0.246. The lowest BCUT2D eigenvalue weighted by atomic mass is 10.3. The van der Waals surface area contributed by atoms with Crippen molar-refractivity contribution in [1.82, 2.24) is 10.6 Å². The van der Waals surface area contributed by atoms with Crippen LogP contribution in [0, 0.1) is 0 Å². The Morgan fingerprint density at radius 3 is 1.10 bits per heavy atom. The number of carbonyl (C=O) groups is 2. The predicted octanol–water partition coefficient (Wildman–Crippen LogP) is 6.69. The Kier molecular flexibility index (Phi) is 26.4. The molecule has 0 aliphatic heterocycles. The second-order valence-electron chi connectivity index (χ2n) is 4.17. The van der Waals surface area contributed by atoms with Crippen molar-refractivity contribution in [2.75, 3.05) is 17.3 Å². The van der Waals surface area contributed by atoms with Crippen LogP contribution in [0.15, 0.2) is 60.7 Å². The molecule has 0 unspecified atom stereocenters. The van der Waals surface area contributed by atoms with Crippen molar-refractivity contribution >= 4 is 23.4 Å². The third-order valence-corrected chi connectivity index (χ3v) is 2.56. The van der Waals surface area contributed by atoms with Gasteiger partial charge in [0.2, 0.25) is 0 Å². The Morgan fingerprint density at radius 1 is 0.552 bits per heavy atom. The number of hydrogen-bond donors (Lipinski definition) is 4. The van der Waals surface area contributed by atoms with Gasteiger partial charge in [-0.25, -0.2) is 9.59 Å².